The molecule has 0 bridgehead atoms. The van der Waals surface area contributed by atoms with Crippen LogP contribution in [0.15, 0.2) is 47.8 Å². The van der Waals surface area contributed by atoms with Crippen LogP contribution in [0.4, 0.5) is 11.4 Å². The van der Waals surface area contributed by atoms with E-state index in [1.165, 1.54) is 35.1 Å². The van der Waals surface area contributed by atoms with Crippen LogP contribution in [0, 0.1) is 10.1 Å². The zero-order chi connectivity index (χ0) is 22.5. The molecule has 1 fully saturated rings. The van der Waals surface area contributed by atoms with Gasteiger partial charge in [-0.2, -0.15) is 0 Å². The van der Waals surface area contributed by atoms with E-state index in [1.807, 2.05) is 17.5 Å². The van der Waals surface area contributed by atoms with Crippen molar-refractivity contribution in [2.45, 2.75) is 13.0 Å². The van der Waals surface area contributed by atoms with E-state index in [0.29, 0.717) is 11.4 Å². The van der Waals surface area contributed by atoms with Crippen molar-refractivity contribution < 1.29 is 14.5 Å². The lowest BCUT2D eigenvalue weighted by atomic mass is 10.1. The maximum atomic E-state index is 12.4. The first-order valence-electron chi connectivity index (χ1n) is 10.1. The molecule has 2 aromatic carbocycles. The minimum absolute atomic E-state index is 0.0806. The number of rotatable bonds is 7. The number of nitrogens with one attached hydrogen (secondary N) is 1. The second-order valence-electron chi connectivity index (χ2n) is 7.38. The van der Waals surface area contributed by atoms with E-state index in [9.17, 15) is 14.9 Å². The first-order valence-corrected chi connectivity index (χ1v) is 11.3. The Balaban J connectivity index is 1.39. The van der Waals surface area contributed by atoms with Crippen LogP contribution in [0.2, 0.25) is 5.02 Å². The summed E-state index contributed by atoms with van der Waals surface area (Å²) in [5.41, 5.74) is 3.08. The molecular weight excluding hydrogens is 452 g/mol. The fourth-order valence-corrected chi connectivity index (χ4v) is 4.46. The molecule has 0 radical (unpaired) electrons. The minimum atomic E-state index is -0.537. The molecule has 0 spiro atoms. The highest BCUT2D eigenvalue weighted by Crippen LogP contribution is 2.28. The summed E-state index contributed by atoms with van der Waals surface area (Å²) in [6.45, 7) is 4.26. The molecule has 0 unspecified atom stereocenters. The van der Waals surface area contributed by atoms with Gasteiger partial charge in [-0.05, 0) is 17.7 Å². The Kier molecular flexibility index (Phi) is 7.11. The van der Waals surface area contributed by atoms with Crippen molar-refractivity contribution in [2.24, 2.45) is 0 Å². The Morgan fingerprint density at radius 3 is 2.81 bits per heavy atom. The molecule has 1 saturated heterocycles. The molecular formula is C22H21ClN4O4S. The molecule has 8 nitrogen and oxygen atoms in total. The molecule has 1 aliphatic heterocycles. The maximum absolute atomic E-state index is 12.4. The highest BCUT2D eigenvalue weighted by molar-refractivity contribution is 7.13. The number of non-ortho nitro benzene ring substituents is 1. The number of hydrogen-bond donors (Lipinski definition) is 1. The fourth-order valence-electron chi connectivity index (χ4n) is 3.42. The summed E-state index contributed by atoms with van der Waals surface area (Å²) in [5, 5.41) is 16.3. The Bertz CT molecular complexity index is 1130. The number of carbonyl (C=O) groups is 1. The summed E-state index contributed by atoms with van der Waals surface area (Å²) >= 11 is 7.53. The zero-order valence-corrected chi connectivity index (χ0v) is 18.7. The lowest BCUT2D eigenvalue weighted by Gasteiger charge is -2.26. The van der Waals surface area contributed by atoms with Crippen LogP contribution >= 0.6 is 22.9 Å². The van der Waals surface area contributed by atoms with Crippen LogP contribution in [-0.4, -0.2) is 47.0 Å². The van der Waals surface area contributed by atoms with E-state index in [-0.39, 0.29) is 23.0 Å². The third-order valence-corrected chi connectivity index (χ3v) is 6.27. The van der Waals surface area contributed by atoms with E-state index in [0.717, 1.165) is 43.4 Å². The average Bonchev–Trinajstić information content (AvgIpc) is 3.24. The number of benzene rings is 2. The number of ether oxygens (including phenoxy) is 1. The molecule has 32 heavy (non-hydrogen) atoms. The predicted octanol–water partition coefficient (Wildman–Crippen LogP) is 4.39. The number of halogens is 1. The van der Waals surface area contributed by atoms with E-state index in [4.69, 9.17) is 16.3 Å². The van der Waals surface area contributed by atoms with Crippen molar-refractivity contribution in [3.63, 3.8) is 0 Å². The first kappa shape index (κ1) is 22.3. The number of anilines is 1. The van der Waals surface area contributed by atoms with Gasteiger partial charge in [0.15, 0.2) is 0 Å². The van der Waals surface area contributed by atoms with Gasteiger partial charge in [-0.1, -0.05) is 29.8 Å². The van der Waals surface area contributed by atoms with E-state index < -0.39 is 4.92 Å². The van der Waals surface area contributed by atoms with Gasteiger partial charge in [-0.15, -0.1) is 11.3 Å². The summed E-state index contributed by atoms with van der Waals surface area (Å²) in [6.07, 6.45) is 0.0806. The Labute approximate surface area is 193 Å². The van der Waals surface area contributed by atoms with E-state index in [2.05, 4.69) is 27.3 Å². The van der Waals surface area contributed by atoms with Crippen LogP contribution in [-0.2, 0) is 22.5 Å². The molecule has 10 heteroatoms. The monoisotopic (exact) mass is 472 g/mol. The van der Waals surface area contributed by atoms with Gasteiger partial charge in [-0.25, -0.2) is 4.98 Å². The summed E-state index contributed by atoms with van der Waals surface area (Å²) in [4.78, 5) is 29.7. The number of thiazole rings is 1. The molecule has 3 aromatic rings. The molecule has 1 aromatic heterocycles. The van der Waals surface area contributed by atoms with Crippen molar-refractivity contribution >= 4 is 40.2 Å². The molecule has 1 N–H and O–H groups in total. The normalized spacial score (nSPS) is 14.3. The van der Waals surface area contributed by atoms with Gasteiger partial charge >= 0.3 is 0 Å². The number of nitrogens with zero attached hydrogens (tertiary/aromatic N) is 3. The van der Waals surface area contributed by atoms with Crippen molar-refractivity contribution in [1.82, 2.24) is 9.88 Å². The van der Waals surface area contributed by atoms with Gasteiger partial charge in [0.2, 0.25) is 5.91 Å². The molecule has 166 valence electrons. The quantitative estimate of drug-likeness (QED) is 0.404. The zero-order valence-electron chi connectivity index (χ0n) is 17.1. The third kappa shape index (κ3) is 5.68. The molecule has 1 aliphatic rings. The average molecular weight is 473 g/mol. The van der Waals surface area contributed by atoms with E-state index in [1.54, 1.807) is 0 Å². The minimum Gasteiger partial charge on any atom is -0.379 e. The van der Waals surface area contributed by atoms with Crippen molar-refractivity contribution in [3.8, 4) is 10.6 Å². The topological polar surface area (TPSA) is 97.6 Å². The maximum Gasteiger partial charge on any atom is 0.271 e. The number of aromatic nitrogens is 1. The van der Waals surface area contributed by atoms with Gasteiger partial charge < -0.3 is 10.1 Å². The first-order chi connectivity index (χ1) is 15.5. The Hall–Kier alpha value is -2.85. The Morgan fingerprint density at radius 1 is 1.25 bits per heavy atom. The summed E-state index contributed by atoms with van der Waals surface area (Å²) < 4.78 is 5.41. The number of morpholine rings is 1. The van der Waals surface area contributed by atoms with Crippen LogP contribution in [0.5, 0.6) is 0 Å². The third-order valence-electron chi connectivity index (χ3n) is 5.01. The lowest BCUT2D eigenvalue weighted by molar-refractivity contribution is -0.384. The van der Waals surface area contributed by atoms with Gasteiger partial charge in [0.1, 0.15) is 5.01 Å². The van der Waals surface area contributed by atoms with Gasteiger partial charge in [0.05, 0.1) is 41.0 Å². The second kappa shape index (κ2) is 10.2. The standard InChI is InChI=1S/C22H21ClN4O4S/c23-19-12-18(27(29)30)4-5-20(19)25-21(28)11-17-14-32-22(24-17)16-3-1-2-15(10-16)13-26-6-8-31-9-7-26/h1-5,10,12,14H,6-9,11,13H2,(H,25,28). The SMILES string of the molecule is O=C(Cc1csc(-c2cccc(CN3CCOCC3)c2)n1)Nc1ccc([N+](=O)[O-])cc1Cl. The number of amides is 1. The fraction of sp³-hybridized carbons (Fsp3) is 0.273. The van der Waals surface area contributed by atoms with Gasteiger partial charge in [0, 0.05) is 42.7 Å². The van der Waals surface area contributed by atoms with Crippen molar-refractivity contribution in [3.05, 3.63) is 74.2 Å². The summed E-state index contributed by atoms with van der Waals surface area (Å²) in [7, 11) is 0. The number of nitro benzene ring substituents is 1. The summed E-state index contributed by atoms with van der Waals surface area (Å²) in [6, 6.07) is 12.2. The number of nitro groups is 1. The highest BCUT2D eigenvalue weighted by Gasteiger charge is 2.15. The molecule has 2 heterocycles. The Morgan fingerprint density at radius 2 is 2.06 bits per heavy atom. The van der Waals surface area contributed by atoms with Crippen LogP contribution in [0.25, 0.3) is 10.6 Å². The van der Waals surface area contributed by atoms with Crippen LogP contribution in [0.1, 0.15) is 11.3 Å². The molecule has 1 amide bonds. The largest absolute Gasteiger partial charge is 0.379 e. The summed E-state index contributed by atoms with van der Waals surface area (Å²) in [5.74, 6) is -0.293. The smallest absolute Gasteiger partial charge is 0.271 e. The van der Waals surface area contributed by atoms with Crippen LogP contribution < -0.4 is 5.32 Å². The lowest BCUT2D eigenvalue weighted by Crippen LogP contribution is -2.35. The van der Waals surface area contributed by atoms with Gasteiger partial charge in [0.25, 0.3) is 5.69 Å². The van der Waals surface area contributed by atoms with Crippen LogP contribution in [0.3, 0.4) is 0 Å². The molecule has 0 aliphatic carbocycles. The number of carbonyl (C=O) groups excluding carboxylic acids is 1. The molecule has 0 atom stereocenters. The number of hydrogen-bond acceptors (Lipinski definition) is 7. The predicted molar refractivity (Wildman–Crippen MR) is 124 cm³/mol. The van der Waals surface area contributed by atoms with Gasteiger partial charge in [-0.3, -0.25) is 19.8 Å². The molecule has 4 rings (SSSR count). The van der Waals surface area contributed by atoms with Crippen molar-refractivity contribution in [2.75, 3.05) is 31.6 Å². The van der Waals surface area contributed by atoms with E-state index >= 15 is 0 Å². The van der Waals surface area contributed by atoms with Crippen molar-refractivity contribution in [1.29, 1.82) is 0 Å². The highest BCUT2D eigenvalue weighted by atomic mass is 35.5. The molecule has 0 saturated carbocycles. The second-order valence-corrected chi connectivity index (χ2v) is 8.64.